The van der Waals surface area contributed by atoms with E-state index >= 15 is 0 Å². The monoisotopic (exact) mass is 326 g/mol. The van der Waals surface area contributed by atoms with Crippen molar-refractivity contribution in [3.63, 3.8) is 0 Å². The van der Waals surface area contributed by atoms with Crippen molar-refractivity contribution in [3.05, 3.63) is 33.8 Å². The molecule has 1 aromatic rings. The second-order valence-electron chi connectivity index (χ2n) is 4.58. The number of nitrogens with one attached hydrogen (secondary N) is 1. The van der Waals surface area contributed by atoms with Crippen LogP contribution in [0.5, 0.6) is 0 Å². The maximum atomic E-state index is 11.8. The molecule has 0 saturated carbocycles. The molecule has 1 amide bonds. The standard InChI is InChI=1S/C15H23BrN2O/c1-4-18(5-2)15(19)8-9-17-11-13-6-7-14(16)12(3)10-13/h6-7,10,17H,4-5,8-9,11H2,1-3H3. The van der Waals surface area contributed by atoms with Gasteiger partial charge in [-0.2, -0.15) is 0 Å². The summed E-state index contributed by atoms with van der Waals surface area (Å²) in [7, 11) is 0. The predicted molar refractivity (Wildman–Crippen MR) is 83.1 cm³/mol. The van der Waals surface area contributed by atoms with Gasteiger partial charge in [0.2, 0.25) is 5.91 Å². The van der Waals surface area contributed by atoms with E-state index in [1.54, 1.807) is 0 Å². The molecule has 1 rings (SSSR count). The lowest BCUT2D eigenvalue weighted by Crippen LogP contribution is -2.32. The number of hydrogen-bond acceptors (Lipinski definition) is 2. The van der Waals surface area contributed by atoms with Crippen LogP contribution in [0.15, 0.2) is 22.7 Å². The summed E-state index contributed by atoms with van der Waals surface area (Å²) in [4.78, 5) is 13.7. The fourth-order valence-corrected chi connectivity index (χ4v) is 2.23. The van der Waals surface area contributed by atoms with Crippen molar-refractivity contribution < 1.29 is 4.79 Å². The highest BCUT2D eigenvalue weighted by atomic mass is 79.9. The maximum Gasteiger partial charge on any atom is 0.223 e. The van der Waals surface area contributed by atoms with Crippen molar-refractivity contribution in [3.8, 4) is 0 Å². The van der Waals surface area contributed by atoms with Crippen molar-refractivity contribution >= 4 is 21.8 Å². The van der Waals surface area contributed by atoms with Gasteiger partial charge in [0.15, 0.2) is 0 Å². The molecule has 0 aliphatic rings. The van der Waals surface area contributed by atoms with Crippen molar-refractivity contribution in [1.82, 2.24) is 10.2 Å². The largest absolute Gasteiger partial charge is 0.343 e. The first-order valence-electron chi connectivity index (χ1n) is 6.82. The van der Waals surface area contributed by atoms with Crippen molar-refractivity contribution in [1.29, 1.82) is 0 Å². The fourth-order valence-electron chi connectivity index (χ4n) is 1.98. The lowest BCUT2D eigenvalue weighted by atomic mass is 10.1. The number of amides is 1. The summed E-state index contributed by atoms with van der Waals surface area (Å²) in [5, 5.41) is 3.32. The first-order chi connectivity index (χ1) is 9.08. The summed E-state index contributed by atoms with van der Waals surface area (Å²) >= 11 is 3.49. The quantitative estimate of drug-likeness (QED) is 0.781. The van der Waals surface area contributed by atoms with Crippen LogP contribution in [-0.2, 0) is 11.3 Å². The van der Waals surface area contributed by atoms with Crippen LogP contribution < -0.4 is 5.32 Å². The first kappa shape index (κ1) is 16.2. The number of benzene rings is 1. The van der Waals surface area contributed by atoms with Crippen LogP contribution in [-0.4, -0.2) is 30.4 Å². The molecule has 1 N–H and O–H groups in total. The van der Waals surface area contributed by atoms with Gasteiger partial charge in [-0.1, -0.05) is 28.1 Å². The van der Waals surface area contributed by atoms with Gasteiger partial charge in [-0.25, -0.2) is 0 Å². The number of aryl methyl sites for hydroxylation is 1. The van der Waals surface area contributed by atoms with E-state index in [9.17, 15) is 4.79 Å². The normalized spacial score (nSPS) is 10.5. The van der Waals surface area contributed by atoms with Crippen LogP contribution in [0.1, 0.15) is 31.4 Å². The second-order valence-corrected chi connectivity index (χ2v) is 5.43. The van der Waals surface area contributed by atoms with E-state index in [4.69, 9.17) is 0 Å². The summed E-state index contributed by atoms with van der Waals surface area (Å²) in [5.74, 6) is 0.226. The summed E-state index contributed by atoms with van der Waals surface area (Å²) in [5.41, 5.74) is 2.48. The Morgan fingerprint density at radius 1 is 1.32 bits per heavy atom. The Morgan fingerprint density at radius 2 is 2.00 bits per heavy atom. The molecule has 4 heteroatoms. The molecule has 0 fully saturated rings. The lowest BCUT2D eigenvalue weighted by Gasteiger charge is -2.18. The number of carbonyl (C=O) groups excluding carboxylic acids is 1. The zero-order chi connectivity index (χ0) is 14.3. The van der Waals surface area contributed by atoms with Gasteiger partial charge < -0.3 is 10.2 Å². The smallest absolute Gasteiger partial charge is 0.223 e. The molecule has 0 aromatic heterocycles. The minimum atomic E-state index is 0.226. The van der Waals surface area contributed by atoms with Crippen molar-refractivity contribution in [2.75, 3.05) is 19.6 Å². The average molecular weight is 327 g/mol. The Balaban J connectivity index is 2.31. The van der Waals surface area contributed by atoms with Gasteiger partial charge in [-0.15, -0.1) is 0 Å². The Labute approximate surface area is 124 Å². The van der Waals surface area contributed by atoms with E-state index in [1.165, 1.54) is 11.1 Å². The van der Waals surface area contributed by atoms with E-state index in [0.29, 0.717) is 6.42 Å². The van der Waals surface area contributed by atoms with E-state index < -0.39 is 0 Å². The molecule has 0 heterocycles. The van der Waals surface area contributed by atoms with Gasteiger partial charge in [-0.3, -0.25) is 4.79 Å². The van der Waals surface area contributed by atoms with E-state index in [1.807, 2.05) is 18.7 Å². The van der Waals surface area contributed by atoms with Crippen LogP contribution in [0.25, 0.3) is 0 Å². The molecule has 0 radical (unpaired) electrons. The third kappa shape index (κ3) is 5.33. The van der Waals surface area contributed by atoms with Gasteiger partial charge in [-0.05, 0) is 38.0 Å². The Morgan fingerprint density at radius 3 is 2.58 bits per heavy atom. The number of hydrogen-bond donors (Lipinski definition) is 1. The van der Waals surface area contributed by atoms with Gasteiger partial charge >= 0.3 is 0 Å². The van der Waals surface area contributed by atoms with Gasteiger partial charge in [0.25, 0.3) is 0 Å². The molecule has 3 nitrogen and oxygen atoms in total. The van der Waals surface area contributed by atoms with Crippen LogP contribution >= 0.6 is 15.9 Å². The van der Waals surface area contributed by atoms with E-state index in [-0.39, 0.29) is 5.91 Å². The van der Waals surface area contributed by atoms with Gasteiger partial charge in [0, 0.05) is 37.1 Å². The molecular weight excluding hydrogens is 304 g/mol. The first-order valence-corrected chi connectivity index (χ1v) is 7.61. The summed E-state index contributed by atoms with van der Waals surface area (Å²) in [6.45, 7) is 9.23. The Bertz CT molecular complexity index is 417. The number of rotatable bonds is 7. The molecule has 0 bridgehead atoms. The molecule has 0 saturated heterocycles. The summed E-state index contributed by atoms with van der Waals surface area (Å²) in [6, 6.07) is 6.31. The maximum absolute atomic E-state index is 11.8. The number of nitrogens with zero attached hydrogens (tertiary/aromatic N) is 1. The SMILES string of the molecule is CCN(CC)C(=O)CCNCc1ccc(Br)c(C)c1. The third-order valence-corrected chi connectivity index (χ3v) is 4.07. The molecule has 106 valence electrons. The van der Waals surface area contributed by atoms with Gasteiger partial charge in [0.05, 0.1) is 0 Å². The average Bonchev–Trinajstić information content (AvgIpc) is 2.40. The molecule has 0 aliphatic heterocycles. The second kappa shape index (κ2) is 8.33. The Hall–Kier alpha value is -0.870. The van der Waals surface area contributed by atoms with Crippen LogP contribution in [0.2, 0.25) is 0 Å². The van der Waals surface area contributed by atoms with Crippen molar-refractivity contribution in [2.24, 2.45) is 0 Å². The molecular formula is C15H23BrN2O. The van der Waals surface area contributed by atoms with Gasteiger partial charge in [0.1, 0.15) is 0 Å². The summed E-state index contributed by atoms with van der Waals surface area (Å²) < 4.78 is 1.13. The van der Waals surface area contributed by atoms with Crippen LogP contribution in [0.4, 0.5) is 0 Å². The lowest BCUT2D eigenvalue weighted by molar-refractivity contribution is -0.130. The topological polar surface area (TPSA) is 32.3 Å². The zero-order valence-electron chi connectivity index (χ0n) is 12.0. The number of halogens is 1. The minimum absolute atomic E-state index is 0.226. The zero-order valence-corrected chi connectivity index (χ0v) is 13.6. The molecule has 0 atom stereocenters. The predicted octanol–water partition coefficient (Wildman–Crippen LogP) is 3.11. The minimum Gasteiger partial charge on any atom is -0.343 e. The molecule has 0 aliphatic carbocycles. The molecule has 1 aromatic carbocycles. The third-order valence-electron chi connectivity index (χ3n) is 3.18. The van der Waals surface area contributed by atoms with Crippen molar-refractivity contribution in [2.45, 2.75) is 33.7 Å². The molecule has 0 spiro atoms. The highest BCUT2D eigenvalue weighted by molar-refractivity contribution is 9.10. The summed E-state index contributed by atoms with van der Waals surface area (Å²) in [6.07, 6.45) is 0.567. The van der Waals surface area contributed by atoms with Crippen LogP contribution in [0.3, 0.4) is 0 Å². The Kier molecular flexibility index (Phi) is 7.10. The van der Waals surface area contributed by atoms with E-state index in [2.05, 4.69) is 46.4 Å². The van der Waals surface area contributed by atoms with E-state index in [0.717, 1.165) is 30.7 Å². The molecule has 19 heavy (non-hydrogen) atoms. The number of carbonyl (C=O) groups is 1. The fraction of sp³-hybridized carbons (Fsp3) is 0.533. The highest BCUT2D eigenvalue weighted by Gasteiger charge is 2.08. The highest BCUT2D eigenvalue weighted by Crippen LogP contribution is 2.16. The molecule has 0 unspecified atom stereocenters. The van der Waals surface area contributed by atoms with Crippen LogP contribution in [0, 0.1) is 6.92 Å².